The first kappa shape index (κ1) is 17.4. The minimum Gasteiger partial charge on any atom is -0.431 e. The Labute approximate surface area is 150 Å². The zero-order valence-electron chi connectivity index (χ0n) is 14.0. The molecule has 0 radical (unpaired) electrons. The molecule has 0 aliphatic rings. The van der Waals surface area contributed by atoms with Crippen LogP contribution in [0, 0.1) is 13.8 Å². The molecular weight excluding hydrogens is 362 g/mol. The first-order valence-corrected chi connectivity index (χ1v) is 9.85. The number of nitrogens with zero attached hydrogens (tertiary/aromatic N) is 3. The highest BCUT2D eigenvalue weighted by atomic mass is 32.2. The summed E-state index contributed by atoms with van der Waals surface area (Å²) < 4.78 is 37.6. The van der Waals surface area contributed by atoms with Crippen molar-refractivity contribution in [1.82, 2.24) is 14.8 Å². The highest BCUT2D eigenvalue weighted by Gasteiger charge is 2.26. The van der Waals surface area contributed by atoms with Crippen molar-refractivity contribution in [2.24, 2.45) is 0 Å². The molecule has 25 heavy (non-hydrogen) atoms. The Morgan fingerprint density at radius 3 is 2.40 bits per heavy atom. The number of rotatable bonds is 6. The van der Waals surface area contributed by atoms with Crippen molar-refractivity contribution >= 4 is 21.5 Å². The van der Waals surface area contributed by atoms with Gasteiger partial charge in [-0.15, -0.1) is 0 Å². The molecule has 1 aromatic carbocycles. The highest BCUT2D eigenvalue weighted by molar-refractivity contribution is 7.87. The molecule has 0 atom stereocenters. The van der Waals surface area contributed by atoms with Crippen LogP contribution in [0.1, 0.15) is 18.3 Å². The summed E-state index contributed by atoms with van der Waals surface area (Å²) in [5, 5.41) is 6.54. The molecule has 0 N–H and O–H groups in total. The standard InChI is InChI=1S/C16H17N3O4S2/c1-4-19-12(3)15(11(2)18-19)25(20,21)23-14-7-5-13(6-8-14)22-16-17-9-10-24-16/h5-10H,4H2,1-3H3. The molecule has 0 spiro atoms. The monoisotopic (exact) mass is 379 g/mol. The minimum atomic E-state index is -3.96. The Morgan fingerprint density at radius 2 is 1.84 bits per heavy atom. The van der Waals surface area contributed by atoms with Crippen LogP contribution in [0.15, 0.2) is 40.7 Å². The summed E-state index contributed by atoms with van der Waals surface area (Å²) in [6.45, 7) is 5.86. The Balaban J connectivity index is 1.80. The number of thiazole rings is 1. The second-order valence-electron chi connectivity index (χ2n) is 5.22. The summed E-state index contributed by atoms with van der Waals surface area (Å²) in [5.41, 5.74) is 0.979. The molecule has 0 aliphatic carbocycles. The number of hydrogen-bond acceptors (Lipinski definition) is 7. The van der Waals surface area contributed by atoms with Crippen LogP contribution in [0.25, 0.3) is 0 Å². The van der Waals surface area contributed by atoms with Crippen LogP contribution >= 0.6 is 11.3 Å². The first-order valence-electron chi connectivity index (χ1n) is 7.56. The van der Waals surface area contributed by atoms with Crippen LogP contribution in [0.5, 0.6) is 16.7 Å². The predicted octanol–water partition coefficient (Wildman–Crippen LogP) is 3.54. The zero-order chi connectivity index (χ0) is 18.0. The first-order chi connectivity index (χ1) is 11.9. The van der Waals surface area contributed by atoms with Crippen molar-refractivity contribution in [3.8, 4) is 16.7 Å². The number of benzene rings is 1. The fraction of sp³-hybridized carbons (Fsp3) is 0.250. The molecule has 2 aromatic heterocycles. The van der Waals surface area contributed by atoms with Gasteiger partial charge < -0.3 is 8.92 Å². The van der Waals surface area contributed by atoms with E-state index in [2.05, 4.69) is 10.1 Å². The Bertz CT molecular complexity index is 962. The molecule has 0 fully saturated rings. The van der Waals surface area contributed by atoms with Gasteiger partial charge in [0.2, 0.25) is 0 Å². The van der Waals surface area contributed by atoms with Crippen molar-refractivity contribution in [2.45, 2.75) is 32.2 Å². The lowest BCUT2D eigenvalue weighted by molar-refractivity contribution is 0.471. The minimum absolute atomic E-state index is 0.109. The SMILES string of the molecule is CCn1nc(C)c(S(=O)(=O)Oc2ccc(Oc3nccs3)cc2)c1C. The van der Waals surface area contributed by atoms with Gasteiger partial charge in [-0.3, -0.25) is 4.68 Å². The molecule has 3 aromatic rings. The van der Waals surface area contributed by atoms with E-state index in [9.17, 15) is 8.42 Å². The van der Waals surface area contributed by atoms with E-state index in [1.807, 2.05) is 6.92 Å². The molecular formula is C16H17N3O4S2. The highest BCUT2D eigenvalue weighted by Crippen LogP contribution is 2.28. The van der Waals surface area contributed by atoms with Gasteiger partial charge >= 0.3 is 10.1 Å². The van der Waals surface area contributed by atoms with E-state index in [0.29, 0.717) is 28.9 Å². The summed E-state index contributed by atoms with van der Waals surface area (Å²) in [4.78, 5) is 4.13. The molecule has 7 nitrogen and oxygen atoms in total. The fourth-order valence-corrected chi connectivity index (χ4v) is 4.27. The molecule has 3 rings (SSSR count). The van der Waals surface area contributed by atoms with E-state index in [4.69, 9.17) is 8.92 Å². The van der Waals surface area contributed by atoms with Gasteiger partial charge in [0.15, 0.2) is 0 Å². The lowest BCUT2D eigenvalue weighted by atomic mass is 10.3. The van der Waals surface area contributed by atoms with E-state index < -0.39 is 10.1 Å². The zero-order valence-corrected chi connectivity index (χ0v) is 15.6. The van der Waals surface area contributed by atoms with Crippen molar-refractivity contribution in [3.05, 3.63) is 47.2 Å². The van der Waals surface area contributed by atoms with Crippen molar-refractivity contribution in [3.63, 3.8) is 0 Å². The van der Waals surface area contributed by atoms with E-state index in [-0.39, 0.29) is 10.6 Å². The smallest absolute Gasteiger partial charge is 0.342 e. The van der Waals surface area contributed by atoms with Gasteiger partial charge in [0.05, 0.1) is 11.4 Å². The molecule has 9 heteroatoms. The van der Waals surface area contributed by atoms with E-state index >= 15 is 0 Å². The van der Waals surface area contributed by atoms with Crippen molar-refractivity contribution in [1.29, 1.82) is 0 Å². The van der Waals surface area contributed by atoms with E-state index in [1.54, 1.807) is 42.2 Å². The molecule has 0 amide bonds. The van der Waals surface area contributed by atoms with Crippen molar-refractivity contribution < 1.29 is 17.3 Å². The summed E-state index contributed by atoms with van der Waals surface area (Å²) in [6.07, 6.45) is 1.64. The van der Waals surface area contributed by atoms with Gasteiger partial charge in [0.1, 0.15) is 16.4 Å². The summed E-state index contributed by atoms with van der Waals surface area (Å²) >= 11 is 1.37. The third-order valence-corrected chi connectivity index (χ3v) is 5.66. The molecule has 0 aliphatic heterocycles. The number of aromatic nitrogens is 3. The van der Waals surface area contributed by atoms with Gasteiger partial charge in [-0.05, 0) is 45.0 Å². The average molecular weight is 379 g/mol. The normalized spacial score (nSPS) is 11.5. The number of hydrogen-bond donors (Lipinski definition) is 0. The van der Waals surface area contributed by atoms with Crippen LogP contribution in [-0.4, -0.2) is 23.2 Å². The third kappa shape index (κ3) is 3.67. The maximum absolute atomic E-state index is 12.6. The maximum atomic E-state index is 12.6. The molecule has 0 saturated heterocycles. The van der Waals surface area contributed by atoms with Crippen molar-refractivity contribution in [2.75, 3.05) is 0 Å². The Morgan fingerprint density at radius 1 is 1.16 bits per heavy atom. The second-order valence-corrected chi connectivity index (χ2v) is 7.56. The molecule has 0 saturated carbocycles. The summed E-state index contributed by atoms with van der Waals surface area (Å²) in [7, 11) is -3.96. The van der Waals surface area contributed by atoms with Crippen LogP contribution < -0.4 is 8.92 Å². The molecule has 0 bridgehead atoms. The number of ether oxygens (including phenoxy) is 1. The van der Waals surface area contributed by atoms with Crippen LogP contribution in [0.2, 0.25) is 0 Å². The Hall–Kier alpha value is -2.39. The van der Waals surface area contributed by atoms with E-state index in [1.165, 1.54) is 23.5 Å². The third-order valence-electron chi connectivity index (χ3n) is 3.51. The predicted molar refractivity (Wildman–Crippen MR) is 93.8 cm³/mol. The van der Waals surface area contributed by atoms with Gasteiger partial charge in [-0.25, -0.2) is 4.98 Å². The summed E-state index contributed by atoms with van der Waals surface area (Å²) in [5.74, 6) is 0.750. The molecule has 0 unspecified atom stereocenters. The van der Waals surface area contributed by atoms with Crippen LogP contribution in [0.4, 0.5) is 0 Å². The summed E-state index contributed by atoms with van der Waals surface area (Å²) in [6, 6.07) is 6.33. The largest absolute Gasteiger partial charge is 0.431 e. The van der Waals surface area contributed by atoms with Gasteiger partial charge in [0.25, 0.3) is 5.19 Å². The van der Waals surface area contributed by atoms with E-state index in [0.717, 1.165) is 0 Å². The Kier molecular flexibility index (Phi) is 4.78. The van der Waals surface area contributed by atoms with Gasteiger partial charge in [-0.2, -0.15) is 13.5 Å². The van der Waals surface area contributed by atoms with Gasteiger partial charge in [-0.1, -0.05) is 11.3 Å². The van der Waals surface area contributed by atoms with Gasteiger partial charge in [0, 0.05) is 18.1 Å². The van der Waals surface area contributed by atoms with Crippen LogP contribution in [-0.2, 0) is 16.7 Å². The molecule has 132 valence electrons. The quantitative estimate of drug-likeness (QED) is 0.609. The maximum Gasteiger partial charge on any atom is 0.342 e. The molecule has 2 heterocycles. The number of aryl methyl sites for hydroxylation is 2. The van der Waals surface area contributed by atoms with Crippen LogP contribution in [0.3, 0.4) is 0 Å². The topological polar surface area (TPSA) is 83.3 Å². The lowest BCUT2D eigenvalue weighted by Crippen LogP contribution is -2.12. The second kappa shape index (κ2) is 6.85. The lowest BCUT2D eigenvalue weighted by Gasteiger charge is -2.08. The fourth-order valence-electron chi connectivity index (χ4n) is 2.44. The average Bonchev–Trinajstić information content (AvgIpc) is 3.16.